The van der Waals surface area contributed by atoms with E-state index in [-0.39, 0.29) is 24.0 Å². The van der Waals surface area contributed by atoms with Crippen LogP contribution in [-0.2, 0) is 4.79 Å². The molecule has 7 nitrogen and oxygen atoms in total. The van der Waals surface area contributed by atoms with E-state index < -0.39 is 0 Å². The second-order valence-electron chi connectivity index (χ2n) is 9.02. The number of nitrogens with one attached hydrogen (secondary N) is 1. The molecule has 2 aliphatic rings. The Labute approximate surface area is 203 Å². The average molecular weight is 487 g/mol. The molecule has 3 aromatic rings. The highest BCUT2D eigenvalue weighted by Gasteiger charge is 2.32. The monoisotopic (exact) mass is 486 g/mol. The third kappa shape index (κ3) is 4.29. The largest absolute Gasteiger partial charge is 0.365 e. The summed E-state index contributed by atoms with van der Waals surface area (Å²) in [6, 6.07) is 11.9. The number of rotatable bonds is 4. The number of hydrogen-bond donors (Lipinski definition) is 1. The molecule has 2 saturated heterocycles. The van der Waals surface area contributed by atoms with E-state index in [1.54, 1.807) is 6.07 Å². The molecule has 1 amide bonds. The van der Waals surface area contributed by atoms with Crippen LogP contribution in [0.3, 0.4) is 0 Å². The van der Waals surface area contributed by atoms with Gasteiger partial charge in [-0.05, 0) is 69.1 Å². The molecule has 33 heavy (non-hydrogen) atoms. The van der Waals surface area contributed by atoms with Crippen molar-refractivity contribution < 1.29 is 4.79 Å². The van der Waals surface area contributed by atoms with E-state index in [9.17, 15) is 4.79 Å². The SMILES string of the molecule is CC(c1ccc(Cl)cc1Cl)n1nnc2ccc(N3CCN(C(=O)[C@H]4CCCN4)C[C@H]3C)cc21. The van der Waals surface area contributed by atoms with Gasteiger partial charge in [0.25, 0.3) is 0 Å². The molecule has 3 atom stereocenters. The summed E-state index contributed by atoms with van der Waals surface area (Å²) < 4.78 is 1.91. The van der Waals surface area contributed by atoms with E-state index in [0.29, 0.717) is 10.0 Å². The number of amides is 1. The highest BCUT2D eigenvalue weighted by atomic mass is 35.5. The zero-order valence-electron chi connectivity index (χ0n) is 18.8. The van der Waals surface area contributed by atoms with E-state index in [4.69, 9.17) is 23.2 Å². The lowest BCUT2D eigenvalue weighted by molar-refractivity contribution is -0.133. The molecule has 0 aliphatic carbocycles. The van der Waals surface area contributed by atoms with Crippen molar-refractivity contribution in [2.24, 2.45) is 0 Å². The lowest BCUT2D eigenvalue weighted by atomic mass is 10.1. The van der Waals surface area contributed by atoms with E-state index in [2.05, 4.69) is 46.5 Å². The van der Waals surface area contributed by atoms with Crippen molar-refractivity contribution >= 4 is 45.8 Å². The van der Waals surface area contributed by atoms with Gasteiger partial charge in [0, 0.05) is 41.4 Å². The lowest BCUT2D eigenvalue weighted by Gasteiger charge is -2.42. The molecule has 1 aromatic heterocycles. The summed E-state index contributed by atoms with van der Waals surface area (Å²) in [5, 5.41) is 13.3. The fourth-order valence-electron chi connectivity index (χ4n) is 5.02. The van der Waals surface area contributed by atoms with E-state index >= 15 is 0 Å². The summed E-state index contributed by atoms with van der Waals surface area (Å²) in [4.78, 5) is 17.2. The topological polar surface area (TPSA) is 66.3 Å². The van der Waals surface area contributed by atoms with Gasteiger partial charge >= 0.3 is 0 Å². The third-order valence-electron chi connectivity index (χ3n) is 6.86. The lowest BCUT2D eigenvalue weighted by Crippen LogP contribution is -2.56. The Balaban J connectivity index is 1.38. The maximum atomic E-state index is 12.8. The van der Waals surface area contributed by atoms with Crippen LogP contribution < -0.4 is 10.2 Å². The van der Waals surface area contributed by atoms with Crippen LogP contribution in [0.5, 0.6) is 0 Å². The van der Waals surface area contributed by atoms with Crippen LogP contribution >= 0.6 is 23.2 Å². The van der Waals surface area contributed by atoms with Gasteiger partial charge in [0.05, 0.1) is 17.6 Å². The number of benzene rings is 2. The maximum Gasteiger partial charge on any atom is 0.239 e. The standard InChI is InChI=1S/C24H28Cl2N6O/c1-15-14-30(24(33)22-4-3-9-27-22)10-11-31(15)18-6-8-21-23(13-18)32(29-28-21)16(2)19-7-5-17(25)12-20(19)26/h5-8,12-13,15-16,22,27H,3-4,9-11,14H2,1-2H3/t15-,16?,22-/m1/s1. The Bertz CT molecular complexity index is 1170. The minimum atomic E-state index is -0.0965. The van der Waals surface area contributed by atoms with Crippen LogP contribution in [0.2, 0.25) is 10.0 Å². The number of carbonyl (C=O) groups is 1. The first-order valence-corrected chi connectivity index (χ1v) is 12.3. The number of aromatic nitrogens is 3. The fourth-order valence-corrected chi connectivity index (χ4v) is 5.58. The van der Waals surface area contributed by atoms with Crippen LogP contribution in [0.25, 0.3) is 11.0 Å². The molecular formula is C24H28Cl2N6O. The Hall–Kier alpha value is -2.35. The van der Waals surface area contributed by atoms with Gasteiger partial charge in [0.1, 0.15) is 5.52 Å². The number of fused-ring (bicyclic) bond motifs is 1. The zero-order chi connectivity index (χ0) is 23.1. The van der Waals surface area contributed by atoms with Crippen LogP contribution in [0.4, 0.5) is 5.69 Å². The van der Waals surface area contributed by atoms with Crippen LogP contribution in [-0.4, -0.2) is 64.1 Å². The highest BCUT2D eigenvalue weighted by Crippen LogP contribution is 2.31. The average Bonchev–Trinajstić information content (AvgIpc) is 3.48. The summed E-state index contributed by atoms with van der Waals surface area (Å²) in [5.74, 6) is 0.241. The fraction of sp³-hybridized carbons (Fsp3) is 0.458. The highest BCUT2D eigenvalue weighted by molar-refractivity contribution is 6.35. The Morgan fingerprint density at radius 1 is 1.18 bits per heavy atom. The first-order chi connectivity index (χ1) is 15.9. The van der Waals surface area contributed by atoms with Gasteiger partial charge in [-0.1, -0.05) is 34.5 Å². The van der Waals surface area contributed by atoms with Crippen molar-refractivity contribution in [3.05, 3.63) is 52.0 Å². The summed E-state index contributed by atoms with van der Waals surface area (Å²) >= 11 is 12.5. The number of carbonyl (C=O) groups excluding carboxylic acids is 1. The van der Waals surface area contributed by atoms with Gasteiger partial charge < -0.3 is 15.1 Å². The second kappa shape index (κ2) is 9.12. The molecular weight excluding hydrogens is 459 g/mol. The minimum Gasteiger partial charge on any atom is -0.365 e. The molecule has 9 heteroatoms. The van der Waals surface area contributed by atoms with Crippen LogP contribution in [0.1, 0.15) is 38.3 Å². The molecule has 2 aromatic carbocycles. The predicted molar refractivity (Wildman–Crippen MR) is 132 cm³/mol. The predicted octanol–water partition coefficient (Wildman–Crippen LogP) is 4.14. The smallest absolute Gasteiger partial charge is 0.239 e. The van der Waals surface area contributed by atoms with Crippen LogP contribution in [0.15, 0.2) is 36.4 Å². The molecule has 174 valence electrons. The van der Waals surface area contributed by atoms with E-state index in [1.807, 2.05) is 27.8 Å². The zero-order valence-corrected chi connectivity index (χ0v) is 20.4. The van der Waals surface area contributed by atoms with Gasteiger partial charge in [-0.2, -0.15) is 0 Å². The quantitative estimate of drug-likeness (QED) is 0.600. The van der Waals surface area contributed by atoms with Crippen molar-refractivity contribution in [3.63, 3.8) is 0 Å². The first-order valence-electron chi connectivity index (χ1n) is 11.5. The van der Waals surface area contributed by atoms with Gasteiger partial charge in [-0.15, -0.1) is 5.10 Å². The molecule has 2 aliphatic heterocycles. The van der Waals surface area contributed by atoms with E-state index in [0.717, 1.165) is 61.3 Å². The number of hydrogen-bond acceptors (Lipinski definition) is 5. The molecule has 5 rings (SSSR count). The van der Waals surface area contributed by atoms with Gasteiger partial charge in [-0.25, -0.2) is 4.68 Å². The van der Waals surface area contributed by atoms with Crippen molar-refractivity contribution in [2.45, 2.75) is 44.8 Å². The van der Waals surface area contributed by atoms with E-state index in [1.165, 1.54) is 0 Å². The van der Waals surface area contributed by atoms with Crippen molar-refractivity contribution in [1.82, 2.24) is 25.2 Å². The molecule has 0 bridgehead atoms. The van der Waals surface area contributed by atoms with Gasteiger partial charge in [0.2, 0.25) is 5.91 Å². The normalized spacial score (nSPS) is 22.2. The summed E-state index contributed by atoms with van der Waals surface area (Å²) in [5.41, 5.74) is 3.84. The summed E-state index contributed by atoms with van der Waals surface area (Å²) in [7, 11) is 0. The molecule has 0 radical (unpaired) electrons. The van der Waals surface area contributed by atoms with Crippen molar-refractivity contribution in [3.8, 4) is 0 Å². The maximum absolute atomic E-state index is 12.8. The first kappa shape index (κ1) is 22.4. The summed E-state index contributed by atoms with van der Waals surface area (Å²) in [6.45, 7) is 7.42. The van der Waals surface area contributed by atoms with Gasteiger partial charge in [0.15, 0.2) is 0 Å². The Morgan fingerprint density at radius 3 is 2.76 bits per heavy atom. The second-order valence-corrected chi connectivity index (χ2v) is 9.87. The number of nitrogens with zero attached hydrogens (tertiary/aromatic N) is 5. The molecule has 1 N–H and O–H groups in total. The molecule has 3 heterocycles. The minimum absolute atomic E-state index is 0.0123. The molecule has 1 unspecified atom stereocenters. The Kier molecular flexibility index (Phi) is 6.20. The number of halogens is 2. The molecule has 0 saturated carbocycles. The third-order valence-corrected chi connectivity index (χ3v) is 7.43. The van der Waals surface area contributed by atoms with Crippen molar-refractivity contribution in [2.75, 3.05) is 31.1 Å². The van der Waals surface area contributed by atoms with Gasteiger partial charge in [-0.3, -0.25) is 4.79 Å². The summed E-state index contributed by atoms with van der Waals surface area (Å²) in [6.07, 6.45) is 2.02. The van der Waals surface area contributed by atoms with Crippen LogP contribution in [0, 0.1) is 0 Å². The number of piperazine rings is 1. The Morgan fingerprint density at radius 2 is 2.03 bits per heavy atom. The number of anilines is 1. The molecule has 0 spiro atoms. The van der Waals surface area contributed by atoms with Crippen molar-refractivity contribution in [1.29, 1.82) is 0 Å². The molecule has 2 fully saturated rings.